The summed E-state index contributed by atoms with van der Waals surface area (Å²) in [5.41, 5.74) is 4.59. The largest absolute Gasteiger partial charge is 0.497 e. The third-order valence-electron chi connectivity index (χ3n) is 4.35. The van der Waals surface area contributed by atoms with E-state index in [1.54, 1.807) is 18.4 Å². The molecule has 1 heterocycles. The van der Waals surface area contributed by atoms with Gasteiger partial charge in [-0.3, -0.25) is 4.79 Å². The Balaban J connectivity index is 1.95. The van der Waals surface area contributed by atoms with Gasteiger partial charge in [0.15, 0.2) is 4.80 Å². The molecule has 2 aromatic carbocycles. The lowest BCUT2D eigenvalue weighted by Crippen LogP contribution is -2.16. The summed E-state index contributed by atoms with van der Waals surface area (Å²) < 4.78 is 8.42. The van der Waals surface area contributed by atoms with Crippen LogP contribution in [0.3, 0.4) is 0 Å². The van der Waals surface area contributed by atoms with Gasteiger partial charge in [-0.25, -0.2) is 0 Å². The molecule has 3 aromatic rings. The minimum Gasteiger partial charge on any atom is -0.497 e. The number of benzene rings is 2. The van der Waals surface area contributed by atoms with Crippen LogP contribution < -0.4 is 9.54 Å². The highest BCUT2D eigenvalue weighted by atomic mass is 32.1. The molecule has 0 aliphatic carbocycles. The van der Waals surface area contributed by atoms with Crippen molar-refractivity contribution in [2.24, 2.45) is 4.99 Å². The lowest BCUT2D eigenvalue weighted by molar-refractivity contribution is -0.117. The van der Waals surface area contributed by atoms with Gasteiger partial charge in [-0.05, 0) is 61.7 Å². The predicted molar refractivity (Wildman–Crippen MR) is 102 cm³/mol. The number of nitrogens with zero attached hydrogens (tertiary/aromatic N) is 2. The first-order valence-corrected chi connectivity index (χ1v) is 9.14. The molecule has 4 nitrogen and oxygen atoms in total. The van der Waals surface area contributed by atoms with Crippen LogP contribution in [-0.4, -0.2) is 17.6 Å². The maximum atomic E-state index is 12.4. The number of fused-ring (bicyclic) bond motifs is 1. The molecule has 5 heteroatoms. The topological polar surface area (TPSA) is 43.6 Å². The minimum atomic E-state index is -0.132. The van der Waals surface area contributed by atoms with Gasteiger partial charge in [0.1, 0.15) is 5.75 Å². The van der Waals surface area contributed by atoms with Gasteiger partial charge >= 0.3 is 0 Å². The van der Waals surface area contributed by atoms with Gasteiger partial charge in [0.2, 0.25) is 0 Å². The number of carbonyl (C=O) groups is 1. The second-order valence-corrected chi connectivity index (χ2v) is 7.07. The quantitative estimate of drug-likeness (QED) is 0.710. The summed E-state index contributed by atoms with van der Waals surface area (Å²) >= 11 is 1.57. The Morgan fingerprint density at radius 1 is 1.16 bits per heavy atom. The number of rotatable bonds is 4. The fourth-order valence-electron chi connectivity index (χ4n) is 2.78. The van der Waals surface area contributed by atoms with Crippen LogP contribution >= 0.6 is 11.3 Å². The number of methoxy groups -OCH3 is 1. The van der Waals surface area contributed by atoms with Crippen LogP contribution in [-0.2, 0) is 17.8 Å². The van der Waals surface area contributed by atoms with Gasteiger partial charge < -0.3 is 9.30 Å². The van der Waals surface area contributed by atoms with Crippen molar-refractivity contribution in [1.82, 2.24) is 4.57 Å². The Morgan fingerprint density at radius 3 is 2.48 bits per heavy atom. The van der Waals surface area contributed by atoms with Gasteiger partial charge in [0.25, 0.3) is 5.91 Å². The fraction of sp³-hybridized carbons (Fsp3) is 0.300. The molecule has 0 radical (unpaired) electrons. The maximum Gasteiger partial charge on any atom is 0.252 e. The summed E-state index contributed by atoms with van der Waals surface area (Å²) in [6.45, 7) is 7.08. The number of ether oxygens (including phenoxy) is 1. The molecule has 25 heavy (non-hydrogen) atoms. The maximum absolute atomic E-state index is 12.4. The van der Waals surface area contributed by atoms with Crippen LogP contribution in [0.2, 0.25) is 0 Å². The van der Waals surface area contributed by atoms with Crippen molar-refractivity contribution in [3.63, 3.8) is 0 Å². The van der Waals surface area contributed by atoms with E-state index in [1.807, 2.05) is 24.3 Å². The van der Waals surface area contributed by atoms with Crippen molar-refractivity contribution in [2.45, 2.75) is 33.7 Å². The van der Waals surface area contributed by atoms with Gasteiger partial charge in [-0.1, -0.05) is 23.5 Å². The molecular formula is C20H22N2O2S. The van der Waals surface area contributed by atoms with E-state index >= 15 is 0 Å². The molecular weight excluding hydrogens is 332 g/mol. The molecule has 0 spiro atoms. The van der Waals surface area contributed by atoms with Gasteiger partial charge in [0, 0.05) is 6.54 Å². The third kappa shape index (κ3) is 3.66. The molecule has 0 N–H and O–H groups in total. The van der Waals surface area contributed by atoms with Crippen molar-refractivity contribution in [3.8, 4) is 5.75 Å². The first kappa shape index (κ1) is 17.4. The van der Waals surface area contributed by atoms with E-state index in [4.69, 9.17) is 4.74 Å². The highest BCUT2D eigenvalue weighted by Gasteiger charge is 2.09. The van der Waals surface area contributed by atoms with Gasteiger partial charge in [-0.15, -0.1) is 0 Å². The van der Waals surface area contributed by atoms with E-state index in [9.17, 15) is 4.79 Å². The first-order valence-electron chi connectivity index (χ1n) is 8.33. The number of aromatic nitrogens is 1. The number of carbonyl (C=O) groups excluding carboxylic acids is 1. The molecule has 1 amide bonds. The summed E-state index contributed by atoms with van der Waals surface area (Å²) in [5, 5.41) is 0. The van der Waals surface area contributed by atoms with Crippen LogP contribution in [0.4, 0.5) is 0 Å². The zero-order valence-corrected chi connectivity index (χ0v) is 15.8. The van der Waals surface area contributed by atoms with Crippen LogP contribution in [0.5, 0.6) is 5.75 Å². The van der Waals surface area contributed by atoms with Crippen molar-refractivity contribution in [3.05, 3.63) is 57.9 Å². The zero-order valence-electron chi connectivity index (χ0n) is 15.0. The van der Waals surface area contributed by atoms with Crippen LogP contribution in [0, 0.1) is 13.8 Å². The molecule has 0 unspecified atom stereocenters. The first-order chi connectivity index (χ1) is 12.0. The Bertz CT molecular complexity index is 981. The summed E-state index contributed by atoms with van der Waals surface area (Å²) in [6, 6.07) is 11.9. The van der Waals surface area contributed by atoms with E-state index in [1.165, 1.54) is 15.8 Å². The molecule has 0 saturated heterocycles. The normalized spacial score (nSPS) is 11.9. The number of thiazole rings is 1. The van der Waals surface area contributed by atoms with E-state index in [0.29, 0.717) is 6.42 Å². The van der Waals surface area contributed by atoms with E-state index in [0.717, 1.165) is 28.2 Å². The SMILES string of the molecule is CCn1c(=NC(=O)Cc2ccc(OC)cc2)sc2cc(C)c(C)cc21. The number of amides is 1. The second-order valence-electron chi connectivity index (χ2n) is 6.06. The smallest absolute Gasteiger partial charge is 0.252 e. The molecule has 1 aromatic heterocycles. The molecule has 0 fully saturated rings. The molecule has 0 bridgehead atoms. The van der Waals surface area contributed by atoms with E-state index < -0.39 is 0 Å². The summed E-state index contributed by atoms with van der Waals surface area (Å²) in [5.74, 6) is 0.652. The van der Waals surface area contributed by atoms with Gasteiger partial charge in [-0.2, -0.15) is 4.99 Å². The summed E-state index contributed by atoms with van der Waals surface area (Å²) in [6.07, 6.45) is 0.292. The number of hydrogen-bond acceptors (Lipinski definition) is 3. The molecule has 130 valence electrons. The fourth-order valence-corrected chi connectivity index (χ4v) is 3.97. The highest BCUT2D eigenvalue weighted by molar-refractivity contribution is 7.16. The Morgan fingerprint density at radius 2 is 1.84 bits per heavy atom. The van der Waals surface area contributed by atoms with Crippen molar-refractivity contribution in [1.29, 1.82) is 0 Å². The highest BCUT2D eigenvalue weighted by Crippen LogP contribution is 2.22. The Labute approximate surface area is 151 Å². The minimum absolute atomic E-state index is 0.132. The Hall–Kier alpha value is -2.40. The average Bonchev–Trinajstić information content (AvgIpc) is 2.91. The summed E-state index contributed by atoms with van der Waals surface area (Å²) in [7, 11) is 1.63. The average molecular weight is 354 g/mol. The molecule has 0 saturated carbocycles. The van der Waals surface area contributed by atoms with Crippen LogP contribution in [0.1, 0.15) is 23.6 Å². The standard InChI is InChI=1S/C20H22N2O2S/c1-5-22-17-10-13(2)14(3)11-18(17)25-20(22)21-19(23)12-15-6-8-16(24-4)9-7-15/h6-11H,5,12H2,1-4H3. The zero-order chi connectivity index (χ0) is 18.0. The van der Waals surface area contributed by atoms with E-state index in [2.05, 4.69) is 42.5 Å². The molecule has 0 atom stereocenters. The van der Waals surface area contributed by atoms with Crippen molar-refractivity contribution >= 4 is 27.5 Å². The Kier molecular flexibility index (Phi) is 5.04. The van der Waals surface area contributed by atoms with Crippen LogP contribution in [0.15, 0.2) is 41.4 Å². The lowest BCUT2D eigenvalue weighted by Gasteiger charge is -2.03. The second kappa shape index (κ2) is 7.23. The molecule has 0 aliphatic heterocycles. The lowest BCUT2D eigenvalue weighted by atomic mass is 10.1. The van der Waals surface area contributed by atoms with Crippen molar-refractivity contribution in [2.75, 3.05) is 7.11 Å². The number of hydrogen-bond donors (Lipinski definition) is 0. The third-order valence-corrected chi connectivity index (χ3v) is 5.39. The predicted octanol–water partition coefficient (Wildman–Crippen LogP) is 4.02. The van der Waals surface area contributed by atoms with Crippen LogP contribution in [0.25, 0.3) is 10.2 Å². The summed E-state index contributed by atoms with van der Waals surface area (Å²) in [4.78, 5) is 17.6. The molecule has 0 aliphatic rings. The van der Waals surface area contributed by atoms with Crippen molar-refractivity contribution < 1.29 is 9.53 Å². The number of aryl methyl sites for hydroxylation is 3. The monoisotopic (exact) mass is 354 g/mol. The van der Waals surface area contributed by atoms with E-state index in [-0.39, 0.29) is 5.91 Å². The van der Waals surface area contributed by atoms with Gasteiger partial charge in [0.05, 0.1) is 23.7 Å². The molecule has 3 rings (SSSR count).